The van der Waals surface area contributed by atoms with E-state index in [0.29, 0.717) is 30.1 Å². The van der Waals surface area contributed by atoms with Crippen LogP contribution in [-0.2, 0) is 26.6 Å². The molecule has 1 aliphatic rings. The lowest BCUT2D eigenvalue weighted by molar-refractivity contribution is 0.0947. The molecule has 214 valence electrons. The SMILES string of the molecule is Cc1cccc(C)c1N(Cc1ccc(C(=O)NCCOc2ccc(S(=O)(=O)N3CCCC3)cc2)cc1)S(C)(=O)=O. The maximum atomic E-state index is 12.6. The Morgan fingerprint density at radius 1 is 0.900 bits per heavy atom. The van der Waals surface area contributed by atoms with Gasteiger partial charge in [0.25, 0.3) is 5.91 Å². The lowest BCUT2D eigenvalue weighted by Crippen LogP contribution is -2.31. The third-order valence-electron chi connectivity index (χ3n) is 6.81. The van der Waals surface area contributed by atoms with E-state index in [2.05, 4.69) is 5.32 Å². The fraction of sp³-hybridized carbons (Fsp3) is 0.345. The quantitative estimate of drug-likeness (QED) is 0.342. The van der Waals surface area contributed by atoms with Gasteiger partial charge >= 0.3 is 0 Å². The Kier molecular flexibility index (Phi) is 9.17. The lowest BCUT2D eigenvalue weighted by Gasteiger charge is -2.26. The van der Waals surface area contributed by atoms with Gasteiger partial charge in [-0.25, -0.2) is 16.8 Å². The maximum absolute atomic E-state index is 12.6. The molecule has 0 atom stereocenters. The summed E-state index contributed by atoms with van der Waals surface area (Å²) in [4.78, 5) is 12.8. The van der Waals surface area contributed by atoms with Gasteiger partial charge in [0, 0.05) is 18.7 Å². The minimum atomic E-state index is -3.53. The van der Waals surface area contributed by atoms with Crippen molar-refractivity contribution in [1.82, 2.24) is 9.62 Å². The number of rotatable bonds is 11. The van der Waals surface area contributed by atoms with Gasteiger partial charge in [0.15, 0.2) is 0 Å². The Morgan fingerprint density at radius 2 is 1.50 bits per heavy atom. The van der Waals surface area contributed by atoms with Crippen LogP contribution in [0.3, 0.4) is 0 Å². The molecule has 1 saturated heterocycles. The number of ether oxygens (including phenoxy) is 1. The van der Waals surface area contributed by atoms with Crippen LogP contribution in [0.15, 0.2) is 71.6 Å². The second kappa shape index (κ2) is 12.4. The van der Waals surface area contributed by atoms with E-state index in [1.807, 2.05) is 32.0 Å². The van der Waals surface area contributed by atoms with E-state index >= 15 is 0 Å². The summed E-state index contributed by atoms with van der Waals surface area (Å²) in [6.07, 6.45) is 2.95. The van der Waals surface area contributed by atoms with Crippen LogP contribution in [0.2, 0.25) is 0 Å². The van der Waals surface area contributed by atoms with Crippen molar-refractivity contribution in [2.75, 3.05) is 36.8 Å². The summed E-state index contributed by atoms with van der Waals surface area (Å²) in [6, 6.07) is 18.8. The molecule has 1 fully saturated rings. The summed E-state index contributed by atoms with van der Waals surface area (Å²) in [5.41, 5.74) is 3.59. The van der Waals surface area contributed by atoms with Gasteiger partial charge in [-0.05, 0) is 79.8 Å². The second-order valence-corrected chi connectivity index (χ2v) is 13.7. The van der Waals surface area contributed by atoms with E-state index in [9.17, 15) is 21.6 Å². The number of aryl methyl sites for hydroxylation is 2. The van der Waals surface area contributed by atoms with Crippen molar-refractivity contribution in [3.63, 3.8) is 0 Å². The molecule has 0 bridgehead atoms. The van der Waals surface area contributed by atoms with Gasteiger partial charge in [-0.15, -0.1) is 0 Å². The van der Waals surface area contributed by atoms with Gasteiger partial charge in [0.2, 0.25) is 20.0 Å². The molecule has 1 aliphatic heterocycles. The predicted molar refractivity (Wildman–Crippen MR) is 156 cm³/mol. The van der Waals surface area contributed by atoms with E-state index in [1.165, 1.54) is 27.0 Å². The van der Waals surface area contributed by atoms with Crippen molar-refractivity contribution in [3.8, 4) is 5.75 Å². The average molecular weight is 586 g/mol. The minimum absolute atomic E-state index is 0.151. The molecule has 0 spiro atoms. The van der Waals surface area contributed by atoms with Crippen molar-refractivity contribution >= 4 is 31.6 Å². The third kappa shape index (κ3) is 7.01. The number of para-hydroxylation sites is 1. The monoisotopic (exact) mass is 585 g/mol. The normalized spacial score (nSPS) is 14.2. The zero-order valence-electron chi connectivity index (χ0n) is 23.0. The van der Waals surface area contributed by atoms with Crippen LogP contribution in [0, 0.1) is 13.8 Å². The Hall–Kier alpha value is -3.41. The molecule has 1 N–H and O–H groups in total. The highest BCUT2D eigenvalue weighted by molar-refractivity contribution is 7.92. The predicted octanol–water partition coefficient (Wildman–Crippen LogP) is 3.86. The van der Waals surface area contributed by atoms with Crippen molar-refractivity contribution in [1.29, 1.82) is 0 Å². The number of sulfonamides is 2. The fourth-order valence-corrected chi connectivity index (χ4v) is 7.23. The van der Waals surface area contributed by atoms with Crippen LogP contribution < -0.4 is 14.4 Å². The molecule has 3 aromatic rings. The first-order valence-corrected chi connectivity index (χ1v) is 16.4. The minimum Gasteiger partial charge on any atom is -0.492 e. The molecule has 3 aromatic carbocycles. The summed E-state index contributed by atoms with van der Waals surface area (Å²) >= 11 is 0. The summed E-state index contributed by atoms with van der Waals surface area (Å²) in [7, 11) is -7.00. The van der Waals surface area contributed by atoms with Gasteiger partial charge in [-0.3, -0.25) is 9.10 Å². The van der Waals surface area contributed by atoms with Gasteiger partial charge < -0.3 is 10.1 Å². The first-order chi connectivity index (χ1) is 19.0. The first kappa shape index (κ1) is 29.6. The topological polar surface area (TPSA) is 113 Å². The number of nitrogens with zero attached hydrogens (tertiary/aromatic N) is 2. The maximum Gasteiger partial charge on any atom is 0.251 e. The summed E-state index contributed by atoms with van der Waals surface area (Å²) in [5.74, 6) is 0.232. The molecule has 0 radical (unpaired) electrons. The summed E-state index contributed by atoms with van der Waals surface area (Å²) in [5, 5.41) is 2.79. The number of carbonyl (C=O) groups is 1. The van der Waals surface area contributed by atoms with Crippen LogP contribution in [0.1, 0.15) is 39.9 Å². The van der Waals surface area contributed by atoms with Crippen LogP contribution in [0.4, 0.5) is 5.69 Å². The first-order valence-electron chi connectivity index (χ1n) is 13.1. The molecule has 0 unspecified atom stereocenters. The van der Waals surface area contributed by atoms with E-state index in [1.54, 1.807) is 36.4 Å². The zero-order valence-corrected chi connectivity index (χ0v) is 24.6. The van der Waals surface area contributed by atoms with E-state index in [4.69, 9.17) is 4.74 Å². The highest BCUT2D eigenvalue weighted by Crippen LogP contribution is 2.28. The van der Waals surface area contributed by atoms with Crippen LogP contribution in [-0.4, -0.2) is 59.5 Å². The van der Waals surface area contributed by atoms with Crippen molar-refractivity contribution in [2.24, 2.45) is 0 Å². The molecular formula is C29H35N3O6S2. The lowest BCUT2D eigenvalue weighted by atomic mass is 10.1. The summed E-state index contributed by atoms with van der Waals surface area (Å²) < 4.78 is 59.0. The highest BCUT2D eigenvalue weighted by atomic mass is 32.2. The van der Waals surface area contributed by atoms with Gasteiger partial charge in [-0.2, -0.15) is 4.31 Å². The number of amides is 1. The van der Waals surface area contributed by atoms with Crippen LogP contribution >= 0.6 is 0 Å². The average Bonchev–Trinajstić information content (AvgIpc) is 3.47. The molecule has 11 heteroatoms. The molecular weight excluding hydrogens is 550 g/mol. The van der Waals surface area contributed by atoms with Crippen molar-refractivity contribution in [3.05, 3.63) is 89.0 Å². The van der Waals surface area contributed by atoms with Crippen LogP contribution in [0.25, 0.3) is 0 Å². The highest BCUT2D eigenvalue weighted by Gasteiger charge is 2.27. The number of carbonyl (C=O) groups excluding carboxylic acids is 1. The van der Waals surface area contributed by atoms with Crippen molar-refractivity contribution in [2.45, 2.75) is 38.1 Å². The molecule has 0 aliphatic carbocycles. The second-order valence-electron chi connectivity index (χ2n) is 9.89. The number of hydrogen-bond acceptors (Lipinski definition) is 6. The Morgan fingerprint density at radius 3 is 2.08 bits per heavy atom. The standard InChI is InChI=1S/C29H35N3O6S2/c1-22-7-6-8-23(2)28(22)32(39(3,34)35)21-24-9-11-25(12-10-24)29(33)30-17-20-38-26-13-15-27(16-14-26)40(36,37)31-18-4-5-19-31/h6-16H,4-5,17-21H2,1-3H3,(H,30,33). The number of nitrogens with one attached hydrogen (secondary N) is 1. The molecule has 4 rings (SSSR count). The molecule has 40 heavy (non-hydrogen) atoms. The van der Waals surface area contributed by atoms with Gasteiger partial charge in [0.1, 0.15) is 12.4 Å². The third-order valence-corrected chi connectivity index (χ3v) is 9.84. The molecule has 1 amide bonds. The van der Waals surface area contributed by atoms with E-state index in [-0.39, 0.29) is 30.5 Å². The smallest absolute Gasteiger partial charge is 0.251 e. The Bertz CT molecular complexity index is 1530. The molecule has 0 saturated carbocycles. The van der Waals surface area contributed by atoms with Gasteiger partial charge in [-0.1, -0.05) is 30.3 Å². The summed E-state index contributed by atoms with van der Waals surface area (Å²) in [6.45, 7) is 5.48. The van der Waals surface area contributed by atoms with Gasteiger partial charge in [0.05, 0.1) is 29.9 Å². The molecule has 1 heterocycles. The Labute approximate surface area is 236 Å². The number of benzene rings is 3. The molecule has 0 aromatic heterocycles. The number of hydrogen-bond donors (Lipinski definition) is 1. The largest absolute Gasteiger partial charge is 0.492 e. The van der Waals surface area contributed by atoms with Crippen LogP contribution in [0.5, 0.6) is 5.75 Å². The van der Waals surface area contributed by atoms with Crippen molar-refractivity contribution < 1.29 is 26.4 Å². The van der Waals surface area contributed by atoms with E-state index < -0.39 is 20.0 Å². The van der Waals surface area contributed by atoms with E-state index in [0.717, 1.165) is 29.5 Å². The number of anilines is 1. The zero-order chi connectivity index (χ0) is 28.9. The molecule has 9 nitrogen and oxygen atoms in total. The fourth-order valence-electron chi connectivity index (χ4n) is 4.71. The Balaban J connectivity index is 1.29.